The van der Waals surface area contributed by atoms with Gasteiger partial charge in [0.25, 0.3) is 10.0 Å². The van der Waals surface area contributed by atoms with Crippen molar-refractivity contribution in [2.24, 2.45) is 0 Å². The van der Waals surface area contributed by atoms with Crippen molar-refractivity contribution in [3.63, 3.8) is 0 Å². The lowest BCUT2D eigenvalue weighted by Crippen LogP contribution is -2.13. The van der Waals surface area contributed by atoms with Gasteiger partial charge in [-0.15, -0.1) is 0 Å². The zero-order valence-corrected chi connectivity index (χ0v) is 13.3. The molecular weight excluding hydrogens is 344 g/mol. The predicted octanol–water partition coefficient (Wildman–Crippen LogP) is 2.08. The van der Waals surface area contributed by atoms with E-state index in [2.05, 4.69) is 35.9 Å². The third-order valence-electron chi connectivity index (χ3n) is 2.61. The van der Waals surface area contributed by atoms with E-state index in [4.69, 9.17) is 0 Å². The van der Waals surface area contributed by atoms with E-state index >= 15 is 0 Å². The standard InChI is InChI=1S/C12H15BrN4O2S/c1-2-14-6-9-5-10(7-16-9)20(18,19)17-12-3-4-15-8-11(12)13/h3-5,7-8,14,16H,2,6H2,1H3,(H,15,17). The third-order valence-corrected chi connectivity index (χ3v) is 4.59. The van der Waals surface area contributed by atoms with Crippen LogP contribution in [0.2, 0.25) is 0 Å². The number of aromatic nitrogens is 2. The van der Waals surface area contributed by atoms with Crippen LogP contribution in [-0.4, -0.2) is 24.9 Å². The average molecular weight is 359 g/mol. The molecule has 0 aliphatic rings. The minimum atomic E-state index is -3.61. The Kier molecular flexibility index (Phi) is 4.79. The zero-order valence-electron chi connectivity index (χ0n) is 10.9. The molecule has 8 heteroatoms. The number of H-pyrrole nitrogens is 1. The Hall–Kier alpha value is -1.38. The highest BCUT2D eigenvalue weighted by Gasteiger charge is 2.17. The topological polar surface area (TPSA) is 86.9 Å². The number of anilines is 1. The molecule has 2 rings (SSSR count). The molecule has 0 atom stereocenters. The van der Waals surface area contributed by atoms with Crippen LogP contribution in [0, 0.1) is 0 Å². The summed E-state index contributed by atoms with van der Waals surface area (Å²) < 4.78 is 27.6. The van der Waals surface area contributed by atoms with Gasteiger partial charge in [0.2, 0.25) is 0 Å². The monoisotopic (exact) mass is 358 g/mol. The van der Waals surface area contributed by atoms with Crippen LogP contribution in [-0.2, 0) is 16.6 Å². The maximum Gasteiger partial charge on any atom is 0.263 e. The van der Waals surface area contributed by atoms with E-state index < -0.39 is 10.0 Å². The van der Waals surface area contributed by atoms with Crippen LogP contribution in [0.25, 0.3) is 0 Å². The van der Waals surface area contributed by atoms with Crippen molar-refractivity contribution in [2.75, 3.05) is 11.3 Å². The maximum atomic E-state index is 12.2. The van der Waals surface area contributed by atoms with Gasteiger partial charge in [0, 0.05) is 30.8 Å². The fraction of sp³-hybridized carbons (Fsp3) is 0.250. The van der Waals surface area contributed by atoms with Crippen LogP contribution in [0.3, 0.4) is 0 Å². The molecule has 0 fully saturated rings. The highest BCUT2D eigenvalue weighted by atomic mass is 79.9. The molecule has 0 radical (unpaired) electrons. The Balaban J connectivity index is 2.18. The van der Waals surface area contributed by atoms with E-state index in [1.807, 2.05) is 6.92 Å². The fourth-order valence-corrected chi connectivity index (χ4v) is 3.17. The summed E-state index contributed by atoms with van der Waals surface area (Å²) >= 11 is 3.25. The summed E-state index contributed by atoms with van der Waals surface area (Å²) in [5.74, 6) is 0. The molecule has 0 saturated heterocycles. The first-order valence-electron chi connectivity index (χ1n) is 6.03. The minimum Gasteiger partial charge on any atom is -0.363 e. The number of rotatable bonds is 6. The Morgan fingerprint density at radius 3 is 2.95 bits per heavy atom. The Morgan fingerprint density at radius 1 is 1.45 bits per heavy atom. The fourth-order valence-electron chi connectivity index (χ4n) is 1.60. The van der Waals surface area contributed by atoms with E-state index in [9.17, 15) is 8.42 Å². The van der Waals surface area contributed by atoms with Crippen LogP contribution in [0.1, 0.15) is 12.6 Å². The number of sulfonamides is 1. The molecule has 2 aromatic rings. The molecule has 0 aliphatic carbocycles. The van der Waals surface area contributed by atoms with Gasteiger partial charge in [0.05, 0.1) is 10.2 Å². The van der Waals surface area contributed by atoms with Crippen LogP contribution in [0.4, 0.5) is 5.69 Å². The summed E-state index contributed by atoms with van der Waals surface area (Å²) in [6.07, 6.45) is 4.53. The number of nitrogens with one attached hydrogen (secondary N) is 3. The first kappa shape index (κ1) is 15.0. The van der Waals surface area contributed by atoms with Crippen molar-refractivity contribution in [1.29, 1.82) is 0 Å². The summed E-state index contributed by atoms with van der Waals surface area (Å²) in [6.45, 7) is 3.41. The molecule has 3 N–H and O–H groups in total. The van der Waals surface area contributed by atoms with Crippen LogP contribution in [0.5, 0.6) is 0 Å². The van der Waals surface area contributed by atoms with Crippen LogP contribution < -0.4 is 10.0 Å². The molecule has 20 heavy (non-hydrogen) atoms. The molecule has 0 saturated carbocycles. The lowest BCUT2D eigenvalue weighted by atomic mass is 10.4. The highest BCUT2D eigenvalue weighted by Crippen LogP contribution is 2.23. The number of pyridine rings is 1. The van der Waals surface area contributed by atoms with Gasteiger partial charge in [-0.3, -0.25) is 9.71 Å². The molecule has 2 heterocycles. The van der Waals surface area contributed by atoms with Gasteiger partial charge in [-0.1, -0.05) is 6.92 Å². The maximum absolute atomic E-state index is 12.2. The molecule has 0 bridgehead atoms. The molecule has 0 amide bonds. The van der Waals surface area contributed by atoms with Crippen LogP contribution >= 0.6 is 15.9 Å². The van der Waals surface area contributed by atoms with E-state index in [0.29, 0.717) is 16.7 Å². The molecule has 6 nitrogen and oxygen atoms in total. The molecule has 2 aromatic heterocycles. The van der Waals surface area contributed by atoms with Crippen molar-refractivity contribution in [2.45, 2.75) is 18.4 Å². The van der Waals surface area contributed by atoms with Gasteiger partial charge in [-0.2, -0.15) is 0 Å². The Morgan fingerprint density at radius 2 is 2.25 bits per heavy atom. The molecule has 108 valence electrons. The predicted molar refractivity (Wildman–Crippen MR) is 80.9 cm³/mol. The normalized spacial score (nSPS) is 11.5. The average Bonchev–Trinajstić information content (AvgIpc) is 2.88. The minimum absolute atomic E-state index is 0.203. The van der Waals surface area contributed by atoms with Gasteiger partial charge in [-0.25, -0.2) is 8.42 Å². The first-order chi connectivity index (χ1) is 9.53. The number of aromatic amines is 1. The number of hydrogen-bond acceptors (Lipinski definition) is 4. The third kappa shape index (κ3) is 3.59. The van der Waals surface area contributed by atoms with Crippen molar-refractivity contribution >= 4 is 31.6 Å². The van der Waals surface area contributed by atoms with E-state index in [-0.39, 0.29) is 4.90 Å². The summed E-state index contributed by atoms with van der Waals surface area (Å²) in [5.41, 5.74) is 1.27. The first-order valence-corrected chi connectivity index (χ1v) is 8.31. The van der Waals surface area contributed by atoms with E-state index in [1.54, 1.807) is 12.1 Å². The van der Waals surface area contributed by atoms with E-state index in [1.165, 1.54) is 18.6 Å². The van der Waals surface area contributed by atoms with Gasteiger partial charge in [0.15, 0.2) is 0 Å². The lowest BCUT2D eigenvalue weighted by molar-refractivity contribution is 0.601. The second-order valence-corrected chi connectivity index (χ2v) is 6.64. The van der Waals surface area contributed by atoms with Gasteiger partial charge >= 0.3 is 0 Å². The molecule has 0 aliphatic heterocycles. The SMILES string of the molecule is CCNCc1cc(S(=O)(=O)Nc2ccncc2Br)c[nH]1. The van der Waals surface area contributed by atoms with Gasteiger partial charge < -0.3 is 10.3 Å². The summed E-state index contributed by atoms with van der Waals surface area (Å²) in [4.78, 5) is 7.03. The summed E-state index contributed by atoms with van der Waals surface area (Å²) in [5, 5.41) is 3.13. The lowest BCUT2D eigenvalue weighted by Gasteiger charge is -2.07. The smallest absolute Gasteiger partial charge is 0.263 e. The molecule has 0 aromatic carbocycles. The van der Waals surface area contributed by atoms with Crippen molar-refractivity contribution < 1.29 is 8.42 Å². The summed E-state index contributed by atoms with van der Waals surface area (Å²) in [7, 11) is -3.61. The van der Waals surface area contributed by atoms with Crippen molar-refractivity contribution in [3.8, 4) is 0 Å². The number of nitrogens with zero attached hydrogens (tertiary/aromatic N) is 1. The second-order valence-electron chi connectivity index (χ2n) is 4.10. The number of hydrogen-bond donors (Lipinski definition) is 3. The molecular formula is C12H15BrN4O2S. The van der Waals surface area contributed by atoms with Gasteiger partial charge in [-0.05, 0) is 34.6 Å². The molecule has 0 unspecified atom stereocenters. The van der Waals surface area contributed by atoms with Crippen molar-refractivity contribution in [1.82, 2.24) is 15.3 Å². The summed E-state index contributed by atoms with van der Waals surface area (Å²) in [6, 6.07) is 3.20. The van der Waals surface area contributed by atoms with E-state index in [0.717, 1.165) is 12.2 Å². The highest BCUT2D eigenvalue weighted by molar-refractivity contribution is 9.10. The van der Waals surface area contributed by atoms with Gasteiger partial charge in [0.1, 0.15) is 4.90 Å². The largest absolute Gasteiger partial charge is 0.363 e. The second kappa shape index (κ2) is 6.38. The zero-order chi connectivity index (χ0) is 14.6. The Bertz CT molecular complexity index is 684. The van der Waals surface area contributed by atoms with Crippen LogP contribution in [0.15, 0.2) is 40.1 Å². The van der Waals surface area contributed by atoms with Crippen molar-refractivity contribution in [3.05, 3.63) is 40.9 Å². The Labute approximate surface area is 126 Å². The quantitative estimate of drug-likeness (QED) is 0.737. The molecule has 0 spiro atoms. The number of halogens is 1.